The smallest absolute Gasteiger partial charge is 0.231 e. The summed E-state index contributed by atoms with van der Waals surface area (Å²) >= 11 is 0. The molecular formula is C23H26N2O3. The largest absolute Gasteiger partial charge is 0.495 e. The lowest BCUT2D eigenvalue weighted by Gasteiger charge is -2.30. The van der Waals surface area contributed by atoms with E-state index in [0.29, 0.717) is 24.5 Å². The molecule has 1 N–H and O–H groups in total. The van der Waals surface area contributed by atoms with Crippen molar-refractivity contribution in [3.8, 4) is 5.75 Å². The first-order valence-electron chi connectivity index (χ1n) is 9.61. The molecule has 0 bridgehead atoms. The van der Waals surface area contributed by atoms with Crippen molar-refractivity contribution >= 4 is 23.6 Å². The number of nitrogens with zero attached hydrogens (tertiary/aromatic N) is 1. The lowest BCUT2D eigenvalue weighted by molar-refractivity contribution is -0.134. The normalized spacial score (nSPS) is 15.8. The Morgan fingerprint density at radius 3 is 2.71 bits per heavy atom. The number of amides is 2. The van der Waals surface area contributed by atoms with Crippen LogP contribution in [0.4, 0.5) is 5.69 Å². The van der Waals surface area contributed by atoms with Crippen LogP contribution in [0.15, 0.2) is 54.6 Å². The Morgan fingerprint density at radius 2 is 2.00 bits per heavy atom. The third-order valence-electron chi connectivity index (χ3n) is 4.85. The molecule has 5 nitrogen and oxygen atoms in total. The topological polar surface area (TPSA) is 58.6 Å². The average Bonchev–Trinajstić information content (AvgIpc) is 2.72. The van der Waals surface area contributed by atoms with Crippen molar-refractivity contribution in [1.82, 2.24) is 4.90 Å². The molecule has 3 rings (SSSR count). The minimum Gasteiger partial charge on any atom is -0.495 e. The molecule has 0 spiro atoms. The van der Waals surface area contributed by atoms with Crippen molar-refractivity contribution in [1.29, 1.82) is 0 Å². The minimum absolute atomic E-state index is 0.0242. The molecule has 28 heavy (non-hydrogen) atoms. The van der Waals surface area contributed by atoms with Crippen LogP contribution in [0.1, 0.15) is 36.8 Å². The maximum absolute atomic E-state index is 13.3. The van der Waals surface area contributed by atoms with Crippen molar-refractivity contribution in [2.24, 2.45) is 0 Å². The number of anilines is 1. The fourth-order valence-electron chi connectivity index (χ4n) is 3.51. The lowest BCUT2D eigenvalue weighted by Crippen LogP contribution is -2.39. The molecule has 2 aromatic rings. The third kappa shape index (κ3) is 4.42. The molecule has 0 saturated heterocycles. The number of hydrogen-bond acceptors (Lipinski definition) is 3. The van der Waals surface area contributed by atoms with Crippen LogP contribution in [0, 0.1) is 0 Å². The highest BCUT2D eigenvalue weighted by atomic mass is 16.5. The molecule has 1 aliphatic rings. The van der Waals surface area contributed by atoms with Crippen LogP contribution in [-0.2, 0) is 9.59 Å². The number of carbonyl (C=O) groups excluding carboxylic acids is 2. The van der Waals surface area contributed by atoms with E-state index in [1.54, 1.807) is 13.2 Å². The summed E-state index contributed by atoms with van der Waals surface area (Å²) in [4.78, 5) is 27.4. The number of fused-ring (bicyclic) bond motifs is 1. The molecule has 1 unspecified atom stereocenters. The van der Waals surface area contributed by atoms with Crippen LogP contribution in [0.3, 0.4) is 0 Å². The van der Waals surface area contributed by atoms with Gasteiger partial charge < -0.3 is 15.0 Å². The van der Waals surface area contributed by atoms with E-state index in [-0.39, 0.29) is 18.2 Å². The monoisotopic (exact) mass is 378 g/mol. The predicted molar refractivity (Wildman–Crippen MR) is 111 cm³/mol. The van der Waals surface area contributed by atoms with E-state index in [4.69, 9.17) is 4.74 Å². The van der Waals surface area contributed by atoms with E-state index in [0.717, 1.165) is 17.5 Å². The van der Waals surface area contributed by atoms with E-state index in [1.807, 2.05) is 66.4 Å². The Bertz CT molecular complexity index is 861. The molecule has 5 heteroatoms. The van der Waals surface area contributed by atoms with E-state index in [2.05, 4.69) is 5.32 Å². The number of rotatable bonds is 7. The van der Waals surface area contributed by atoms with Crippen LogP contribution in [0.2, 0.25) is 0 Å². The highest BCUT2D eigenvalue weighted by Gasteiger charge is 2.34. The quantitative estimate of drug-likeness (QED) is 0.790. The van der Waals surface area contributed by atoms with Gasteiger partial charge in [-0.2, -0.15) is 0 Å². The summed E-state index contributed by atoms with van der Waals surface area (Å²) < 4.78 is 5.36. The summed E-state index contributed by atoms with van der Waals surface area (Å²) in [5.41, 5.74) is 2.52. The maximum Gasteiger partial charge on any atom is 0.231 e. The Balaban J connectivity index is 1.82. The summed E-state index contributed by atoms with van der Waals surface area (Å²) in [6.07, 6.45) is 5.02. The Morgan fingerprint density at radius 1 is 1.21 bits per heavy atom. The van der Waals surface area contributed by atoms with Gasteiger partial charge in [0.25, 0.3) is 0 Å². The molecule has 1 atom stereocenters. The van der Waals surface area contributed by atoms with Crippen molar-refractivity contribution < 1.29 is 14.3 Å². The zero-order valence-electron chi connectivity index (χ0n) is 16.4. The predicted octanol–water partition coefficient (Wildman–Crippen LogP) is 4.07. The highest BCUT2D eigenvalue weighted by molar-refractivity contribution is 6.02. The maximum atomic E-state index is 13.3. The van der Waals surface area contributed by atoms with Gasteiger partial charge in [-0.1, -0.05) is 61.5 Å². The van der Waals surface area contributed by atoms with E-state index in [1.165, 1.54) is 0 Å². The fraction of sp³-hybridized carbons (Fsp3) is 0.304. The van der Waals surface area contributed by atoms with E-state index >= 15 is 0 Å². The number of ether oxygens (including phenoxy) is 1. The molecule has 0 fully saturated rings. The van der Waals surface area contributed by atoms with Crippen molar-refractivity contribution in [2.75, 3.05) is 25.5 Å². The second kappa shape index (κ2) is 9.22. The molecular weight excluding hydrogens is 352 g/mol. The second-order valence-corrected chi connectivity index (χ2v) is 6.83. The van der Waals surface area contributed by atoms with Crippen molar-refractivity contribution in [3.05, 3.63) is 65.7 Å². The first-order valence-corrected chi connectivity index (χ1v) is 9.61. The zero-order valence-corrected chi connectivity index (χ0v) is 16.4. The van der Waals surface area contributed by atoms with Crippen LogP contribution < -0.4 is 10.1 Å². The Labute approximate surface area is 166 Å². The Hall–Kier alpha value is -3.08. The lowest BCUT2D eigenvalue weighted by atomic mass is 9.89. The summed E-state index contributed by atoms with van der Waals surface area (Å²) in [6, 6.07) is 15.5. The van der Waals surface area contributed by atoms with Gasteiger partial charge in [0.1, 0.15) is 5.75 Å². The van der Waals surface area contributed by atoms with E-state index < -0.39 is 5.92 Å². The zero-order chi connectivity index (χ0) is 19.9. The summed E-state index contributed by atoms with van der Waals surface area (Å²) in [7, 11) is 1.56. The standard InChI is InChI=1S/C23H26N2O3/c1-3-14-25(15-8-11-17-9-5-4-6-10-17)23(27)19-16-21(26)24-22-18(19)12-7-13-20(22)28-2/h4-13,19H,3,14-16H2,1-2H3,(H,24,26). The fourth-order valence-corrected chi connectivity index (χ4v) is 3.51. The van der Waals surface area contributed by atoms with Gasteiger partial charge in [0.05, 0.1) is 18.7 Å². The summed E-state index contributed by atoms with van der Waals surface area (Å²) in [5, 5.41) is 2.85. The van der Waals surface area contributed by atoms with Crippen LogP contribution in [0.5, 0.6) is 5.75 Å². The number of hydrogen-bond donors (Lipinski definition) is 1. The molecule has 0 saturated carbocycles. The molecule has 0 aromatic heterocycles. The van der Waals surface area contributed by atoms with Gasteiger partial charge in [-0.25, -0.2) is 0 Å². The summed E-state index contributed by atoms with van der Waals surface area (Å²) in [5.74, 6) is -0.0968. The number of carbonyl (C=O) groups is 2. The molecule has 1 aliphatic heterocycles. The highest BCUT2D eigenvalue weighted by Crippen LogP contribution is 2.39. The number of benzene rings is 2. The second-order valence-electron chi connectivity index (χ2n) is 6.83. The van der Waals surface area contributed by atoms with Crippen LogP contribution in [0.25, 0.3) is 6.08 Å². The van der Waals surface area contributed by atoms with Gasteiger partial charge >= 0.3 is 0 Å². The van der Waals surface area contributed by atoms with Crippen molar-refractivity contribution in [3.63, 3.8) is 0 Å². The van der Waals surface area contributed by atoms with Crippen LogP contribution >= 0.6 is 0 Å². The average molecular weight is 378 g/mol. The van der Waals surface area contributed by atoms with Crippen molar-refractivity contribution in [2.45, 2.75) is 25.7 Å². The first-order chi connectivity index (χ1) is 13.6. The third-order valence-corrected chi connectivity index (χ3v) is 4.85. The molecule has 2 aromatic carbocycles. The number of para-hydroxylation sites is 1. The molecule has 1 heterocycles. The van der Waals surface area contributed by atoms with Gasteiger partial charge in [0.2, 0.25) is 11.8 Å². The summed E-state index contributed by atoms with van der Waals surface area (Å²) in [6.45, 7) is 3.21. The number of nitrogens with one attached hydrogen (secondary N) is 1. The molecule has 2 amide bonds. The molecule has 0 radical (unpaired) electrons. The minimum atomic E-state index is -0.490. The Kier molecular flexibility index (Phi) is 6.48. The molecule has 0 aliphatic carbocycles. The number of methoxy groups -OCH3 is 1. The van der Waals surface area contributed by atoms with Gasteiger partial charge in [0.15, 0.2) is 0 Å². The van der Waals surface area contributed by atoms with Gasteiger partial charge in [-0.05, 0) is 23.6 Å². The van der Waals surface area contributed by atoms with Gasteiger partial charge in [0, 0.05) is 19.5 Å². The molecule has 146 valence electrons. The van der Waals surface area contributed by atoms with Gasteiger partial charge in [-0.3, -0.25) is 9.59 Å². The SMILES string of the molecule is CCCN(CC=Cc1ccccc1)C(=O)C1CC(=O)Nc2c(OC)cccc21. The van der Waals surface area contributed by atoms with E-state index in [9.17, 15) is 9.59 Å². The first kappa shape index (κ1) is 19.7. The van der Waals surface area contributed by atoms with Gasteiger partial charge in [-0.15, -0.1) is 0 Å². The van der Waals surface area contributed by atoms with Crippen LogP contribution in [-0.4, -0.2) is 36.9 Å².